The highest BCUT2D eigenvalue weighted by molar-refractivity contribution is 5.19. The summed E-state index contributed by atoms with van der Waals surface area (Å²) in [4.78, 5) is 3.41. The zero-order chi connectivity index (χ0) is 10.7. The average molecular weight is 200 g/mol. The van der Waals surface area contributed by atoms with Crippen LogP contribution in [0.3, 0.4) is 0 Å². The molecule has 0 aliphatic carbocycles. The molecule has 0 spiro atoms. The molecule has 0 aliphatic heterocycles. The van der Waals surface area contributed by atoms with E-state index in [0.717, 1.165) is 18.8 Å². The number of pyridine rings is 1. The van der Waals surface area contributed by atoms with Gasteiger partial charge in [0, 0.05) is 11.6 Å². The first-order chi connectivity index (χ1) is 6.57. The summed E-state index contributed by atoms with van der Waals surface area (Å²) < 4.78 is 26.4. The number of hydrogen-bond acceptors (Lipinski definition) is 2. The Balaban J connectivity index is 3.05. The fourth-order valence-electron chi connectivity index (χ4n) is 1.28. The third kappa shape index (κ3) is 2.07. The predicted molar refractivity (Wildman–Crippen MR) is 50.5 cm³/mol. The summed E-state index contributed by atoms with van der Waals surface area (Å²) in [7, 11) is 0. The number of aromatic nitrogens is 1. The third-order valence-corrected chi connectivity index (χ3v) is 2.48. The second kappa shape index (κ2) is 4.46. The normalized spacial score (nSPS) is 15.2. The van der Waals surface area contributed by atoms with Gasteiger partial charge in [0.1, 0.15) is 11.6 Å². The maximum absolute atomic E-state index is 13.2. The van der Waals surface area contributed by atoms with Crippen LogP contribution < -0.4 is 5.73 Å². The van der Waals surface area contributed by atoms with Crippen molar-refractivity contribution < 1.29 is 8.78 Å². The molecule has 2 N–H and O–H groups in total. The summed E-state index contributed by atoms with van der Waals surface area (Å²) in [6.45, 7) is 3.80. The molecule has 0 aromatic carbocycles. The summed E-state index contributed by atoms with van der Waals surface area (Å²) >= 11 is 0. The lowest BCUT2D eigenvalue weighted by atomic mass is 9.93. The lowest BCUT2D eigenvalue weighted by Gasteiger charge is -2.19. The van der Waals surface area contributed by atoms with Crippen LogP contribution in [0.2, 0.25) is 0 Å². The monoisotopic (exact) mass is 200 g/mol. The quantitative estimate of drug-likeness (QED) is 0.813. The summed E-state index contributed by atoms with van der Waals surface area (Å²) in [6, 6.07) is -0.608. The van der Waals surface area contributed by atoms with Crippen LogP contribution in [0.1, 0.15) is 31.9 Å². The minimum atomic E-state index is -0.669. The van der Waals surface area contributed by atoms with Crippen molar-refractivity contribution >= 4 is 0 Å². The maximum atomic E-state index is 13.2. The van der Waals surface area contributed by atoms with Gasteiger partial charge in [-0.25, -0.2) is 8.78 Å². The number of nitrogens with two attached hydrogens (primary N) is 1. The zero-order valence-corrected chi connectivity index (χ0v) is 8.30. The Bertz CT molecular complexity index is 295. The second-order valence-electron chi connectivity index (χ2n) is 3.43. The molecular formula is C10H14F2N2. The number of halogens is 2. The minimum absolute atomic E-state index is 0.0430. The first kappa shape index (κ1) is 11.0. The zero-order valence-electron chi connectivity index (χ0n) is 8.30. The second-order valence-corrected chi connectivity index (χ2v) is 3.43. The molecule has 2 atom stereocenters. The van der Waals surface area contributed by atoms with Crippen LogP contribution in [0.5, 0.6) is 0 Å². The Morgan fingerprint density at radius 1 is 1.36 bits per heavy atom. The molecule has 1 rings (SSSR count). The van der Waals surface area contributed by atoms with Gasteiger partial charge in [-0.2, -0.15) is 0 Å². The van der Waals surface area contributed by atoms with Gasteiger partial charge in [-0.1, -0.05) is 20.3 Å². The van der Waals surface area contributed by atoms with Crippen molar-refractivity contribution in [2.24, 2.45) is 11.7 Å². The van der Waals surface area contributed by atoms with Gasteiger partial charge in [-0.3, -0.25) is 4.98 Å². The Labute approximate surface area is 82.1 Å². The third-order valence-electron chi connectivity index (χ3n) is 2.48. The fourth-order valence-corrected chi connectivity index (χ4v) is 1.28. The first-order valence-electron chi connectivity index (χ1n) is 4.62. The molecule has 1 aromatic rings. The molecule has 1 aromatic heterocycles. The van der Waals surface area contributed by atoms with Gasteiger partial charge in [0.25, 0.3) is 0 Å². The molecule has 78 valence electrons. The highest BCUT2D eigenvalue weighted by atomic mass is 19.1. The molecule has 0 amide bonds. The van der Waals surface area contributed by atoms with Crippen LogP contribution in [0.25, 0.3) is 0 Å². The van der Waals surface area contributed by atoms with E-state index in [1.165, 1.54) is 0 Å². The van der Waals surface area contributed by atoms with Gasteiger partial charge in [-0.05, 0) is 5.92 Å². The molecule has 2 unspecified atom stereocenters. The molecule has 0 radical (unpaired) electrons. The Hall–Kier alpha value is -1.03. The van der Waals surface area contributed by atoms with E-state index in [4.69, 9.17) is 5.73 Å². The molecule has 0 saturated heterocycles. The van der Waals surface area contributed by atoms with E-state index >= 15 is 0 Å². The van der Waals surface area contributed by atoms with E-state index in [9.17, 15) is 8.78 Å². The van der Waals surface area contributed by atoms with E-state index < -0.39 is 17.7 Å². The maximum Gasteiger partial charge on any atom is 0.149 e. The molecule has 14 heavy (non-hydrogen) atoms. The molecule has 0 saturated carbocycles. The van der Waals surface area contributed by atoms with Crippen LogP contribution in [0, 0.1) is 17.6 Å². The summed E-state index contributed by atoms with van der Waals surface area (Å²) in [5.41, 5.74) is 5.68. The molecule has 0 fully saturated rings. The van der Waals surface area contributed by atoms with E-state index in [0.29, 0.717) is 0 Å². The van der Waals surface area contributed by atoms with E-state index in [-0.39, 0.29) is 11.5 Å². The topological polar surface area (TPSA) is 38.9 Å². The number of hydrogen-bond donors (Lipinski definition) is 1. The van der Waals surface area contributed by atoms with Crippen molar-refractivity contribution in [3.05, 3.63) is 29.6 Å². The molecule has 0 aliphatic rings. The van der Waals surface area contributed by atoms with Crippen LogP contribution in [0.4, 0.5) is 8.78 Å². The molecule has 2 nitrogen and oxygen atoms in total. The Morgan fingerprint density at radius 3 is 2.29 bits per heavy atom. The van der Waals surface area contributed by atoms with Crippen molar-refractivity contribution in [1.82, 2.24) is 4.98 Å². The van der Waals surface area contributed by atoms with Crippen molar-refractivity contribution in [3.63, 3.8) is 0 Å². The summed E-state index contributed by atoms with van der Waals surface area (Å²) in [6.07, 6.45) is 2.75. The van der Waals surface area contributed by atoms with Crippen molar-refractivity contribution in [2.75, 3.05) is 0 Å². The number of rotatable bonds is 3. The van der Waals surface area contributed by atoms with Gasteiger partial charge in [0.05, 0.1) is 12.4 Å². The highest BCUT2D eigenvalue weighted by Gasteiger charge is 2.21. The van der Waals surface area contributed by atoms with Gasteiger partial charge < -0.3 is 5.73 Å². The van der Waals surface area contributed by atoms with Crippen LogP contribution in [0.15, 0.2) is 12.4 Å². The van der Waals surface area contributed by atoms with Gasteiger partial charge in [0.15, 0.2) is 0 Å². The van der Waals surface area contributed by atoms with Gasteiger partial charge in [-0.15, -0.1) is 0 Å². The van der Waals surface area contributed by atoms with Crippen LogP contribution in [-0.2, 0) is 0 Å². The highest BCUT2D eigenvalue weighted by Crippen LogP contribution is 2.25. The molecule has 1 heterocycles. The molecular weight excluding hydrogens is 186 g/mol. The predicted octanol–water partition coefficient (Wildman–Crippen LogP) is 2.41. The fraction of sp³-hybridized carbons (Fsp3) is 0.500. The Morgan fingerprint density at radius 2 is 1.86 bits per heavy atom. The summed E-state index contributed by atoms with van der Waals surface area (Å²) in [5, 5.41) is 0. The van der Waals surface area contributed by atoms with E-state index in [1.54, 1.807) is 0 Å². The smallest absolute Gasteiger partial charge is 0.149 e. The number of nitrogens with zero attached hydrogens (tertiary/aromatic N) is 1. The molecule has 0 bridgehead atoms. The standard InChI is InChI=1S/C10H14F2N2/c1-3-6(2)10(13)9-7(11)4-14-5-8(9)12/h4-6,10H,3,13H2,1-2H3. The first-order valence-corrected chi connectivity index (χ1v) is 4.62. The lowest BCUT2D eigenvalue weighted by Crippen LogP contribution is -2.21. The summed E-state index contributed by atoms with van der Waals surface area (Å²) in [5.74, 6) is -1.29. The van der Waals surface area contributed by atoms with E-state index in [1.807, 2.05) is 13.8 Å². The molecule has 4 heteroatoms. The van der Waals surface area contributed by atoms with Crippen molar-refractivity contribution in [2.45, 2.75) is 26.3 Å². The van der Waals surface area contributed by atoms with Crippen molar-refractivity contribution in [3.8, 4) is 0 Å². The van der Waals surface area contributed by atoms with E-state index in [2.05, 4.69) is 4.98 Å². The largest absolute Gasteiger partial charge is 0.324 e. The van der Waals surface area contributed by atoms with Gasteiger partial charge >= 0.3 is 0 Å². The Kier molecular flexibility index (Phi) is 3.52. The lowest BCUT2D eigenvalue weighted by molar-refractivity contribution is 0.417. The van der Waals surface area contributed by atoms with Crippen LogP contribution >= 0.6 is 0 Å². The average Bonchev–Trinajstić information content (AvgIpc) is 2.16. The SMILES string of the molecule is CCC(C)C(N)c1c(F)cncc1F. The van der Waals surface area contributed by atoms with Crippen LogP contribution in [-0.4, -0.2) is 4.98 Å². The minimum Gasteiger partial charge on any atom is -0.324 e. The van der Waals surface area contributed by atoms with Crippen molar-refractivity contribution in [1.29, 1.82) is 0 Å². The van der Waals surface area contributed by atoms with Gasteiger partial charge in [0.2, 0.25) is 0 Å².